The number of piperidine rings is 1. The molecule has 2 atom stereocenters. The standard InChI is InChI=1S/C29H32N6O4/c36-29-23(14-21-15-25-26(39-18-38-25)16-24(21)30-29)27(28-31-32-33-35(28)17-22-7-4-12-37-22)34-10-8-20(9-11-34)13-19-5-2-1-3-6-19/h1-3,5-6,14-16,20,22,27H,4,7-13,17-18H2,(H,30,36)/t22-,27-/m1/s1. The summed E-state index contributed by atoms with van der Waals surface area (Å²) < 4.78 is 18.8. The van der Waals surface area contributed by atoms with Gasteiger partial charge in [-0.2, -0.15) is 0 Å². The SMILES string of the molecule is O=c1[nH]c2cc3c(cc2cc1[C@H](c1nnnn1C[C@H]1CCCO1)N1CCC(Cc2ccccc2)CC1)OCO3. The predicted octanol–water partition coefficient (Wildman–Crippen LogP) is 3.47. The fourth-order valence-corrected chi connectivity index (χ4v) is 6.20. The van der Waals surface area contributed by atoms with Crippen LogP contribution < -0.4 is 15.0 Å². The Bertz CT molecular complexity index is 1510. The number of nitrogens with one attached hydrogen (secondary N) is 1. The number of tetrazole rings is 1. The lowest BCUT2D eigenvalue weighted by molar-refractivity contribution is 0.0892. The molecule has 5 heterocycles. The van der Waals surface area contributed by atoms with E-state index in [0.29, 0.717) is 40.9 Å². The van der Waals surface area contributed by atoms with Gasteiger partial charge in [0, 0.05) is 23.6 Å². The van der Waals surface area contributed by atoms with E-state index in [9.17, 15) is 4.79 Å². The Labute approximate surface area is 225 Å². The summed E-state index contributed by atoms with van der Waals surface area (Å²) in [6.45, 7) is 3.23. The number of hydrogen-bond acceptors (Lipinski definition) is 8. The van der Waals surface area contributed by atoms with Crippen molar-refractivity contribution >= 4 is 10.9 Å². The molecular weight excluding hydrogens is 496 g/mol. The van der Waals surface area contributed by atoms with Crippen LogP contribution in [0, 0.1) is 5.92 Å². The second kappa shape index (κ2) is 10.4. The van der Waals surface area contributed by atoms with Crippen molar-refractivity contribution < 1.29 is 14.2 Å². The van der Waals surface area contributed by atoms with Crippen LogP contribution in [0.4, 0.5) is 0 Å². The second-order valence-electron chi connectivity index (χ2n) is 10.8. The lowest BCUT2D eigenvalue weighted by Gasteiger charge is -2.37. The quantitative estimate of drug-likeness (QED) is 0.389. The Morgan fingerprint density at radius 2 is 1.85 bits per heavy atom. The third kappa shape index (κ3) is 4.90. The van der Waals surface area contributed by atoms with E-state index in [1.54, 1.807) is 0 Å². The molecule has 4 aromatic rings. The fourth-order valence-electron chi connectivity index (χ4n) is 6.20. The summed E-state index contributed by atoms with van der Waals surface area (Å²) in [5.41, 5.74) is 2.57. The summed E-state index contributed by atoms with van der Waals surface area (Å²) in [6, 6.07) is 16.0. The summed E-state index contributed by atoms with van der Waals surface area (Å²) in [5.74, 6) is 2.60. The van der Waals surface area contributed by atoms with E-state index in [-0.39, 0.29) is 24.5 Å². The van der Waals surface area contributed by atoms with Crippen molar-refractivity contribution in [3.63, 3.8) is 0 Å². The monoisotopic (exact) mass is 528 g/mol. The van der Waals surface area contributed by atoms with Crippen molar-refractivity contribution in [3.8, 4) is 11.5 Å². The van der Waals surface area contributed by atoms with Gasteiger partial charge in [0.1, 0.15) is 6.04 Å². The molecule has 3 aliphatic rings. The lowest BCUT2D eigenvalue weighted by Crippen LogP contribution is -2.41. The third-order valence-electron chi connectivity index (χ3n) is 8.25. The summed E-state index contributed by atoms with van der Waals surface area (Å²) >= 11 is 0. The van der Waals surface area contributed by atoms with E-state index in [1.807, 2.05) is 22.9 Å². The van der Waals surface area contributed by atoms with Gasteiger partial charge in [0.25, 0.3) is 5.56 Å². The van der Waals surface area contributed by atoms with Gasteiger partial charge in [-0.1, -0.05) is 30.3 Å². The number of benzene rings is 2. The van der Waals surface area contributed by atoms with E-state index in [2.05, 4.69) is 55.7 Å². The average Bonchev–Trinajstić information content (AvgIpc) is 3.73. The van der Waals surface area contributed by atoms with Crippen LogP contribution in [-0.4, -0.2) is 62.7 Å². The van der Waals surface area contributed by atoms with Gasteiger partial charge >= 0.3 is 0 Å². The normalized spacial score (nSPS) is 20.6. The molecule has 10 heteroatoms. The van der Waals surface area contributed by atoms with Crippen LogP contribution in [0.15, 0.2) is 53.3 Å². The maximum Gasteiger partial charge on any atom is 0.253 e. The van der Waals surface area contributed by atoms with Crippen molar-refractivity contribution in [2.45, 2.75) is 50.8 Å². The molecule has 0 spiro atoms. The third-order valence-corrected chi connectivity index (χ3v) is 8.25. The first-order valence-electron chi connectivity index (χ1n) is 13.8. The first-order chi connectivity index (χ1) is 19.2. The molecule has 0 unspecified atom stereocenters. The molecule has 202 valence electrons. The minimum absolute atomic E-state index is 0.0825. The maximum atomic E-state index is 13.6. The number of rotatable bonds is 7. The fraction of sp³-hybridized carbons (Fsp3) is 0.448. The van der Waals surface area contributed by atoms with Crippen LogP contribution in [-0.2, 0) is 17.7 Å². The van der Waals surface area contributed by atoms with Crippen LogP contribution in [0.2, 0.25) is 0 Å². The second-order valence-corrected chi connectivity index (χ2v) is 10.8. The van der Waals surface area contributed by atoms with E-state index in [4.69, 9.17) is 14.2 Å². The van der Waals surface area contributed by atoms with Gasteiger partial charge in [-0.25, -0.2) is 4.68 Å². The molecule has 0 bridgehead atoms. The first kappa shape index (κ1) is 24.3. The Balaban J connectivity index is 1.23. The van der Waals surface area contributed by atoms with Gasteiger partial charge < -0.3 is 19.2 Å². The van der Waals surface area contributed by atoms with Crippen molar-refractivity contribution in [2.75, 3.05) is 26.5 Å². The molecule has 0 radical (unpaired) electrons. The molecule has 1 N–H and O–H groups in total. The zero-order valence-electron chi connectivity index (χ0n) is 21.8. The van der Waals surface area contributed by atoms with Crippen molar-refractivity contribution in [1.82, 2.24) is 30.1 Å². The van der Waals surface area contributed by atoms with Crippen LogP contribution in [0.5, 0.6) is 11.5 Å². The number of ether oxygens (including phenoxy) is 3. The lowest BCUT2D eigenvalue weighted by atomic mass is 9.89. The van der Waals surface area contributed by atoms with Crippen LogP contribution in [0.3, 0.4) is 0 Å². The zero-order valence-corrected chi connectivity index (χ0v) is 21.8. The number of H-pyrrole nitrogens is 1. The minimum Gasteiger partial charge on any atom is -0.454 e. The number of pyridine rings is 1. The van der Waals surface area contributed by atoms with Crippen LogP contribution in [0.1, 0.15) is 48.7 Å². The molecule has 0 saturated carbocycles. The average molecular weight is 529 g/mol. The molecule has 10 nitrogen and oxygen atoms in total. The molecule has 2 aromatic carbocycles. The topological polar surface area (TPSA) is 107 Å². The Hall–Kier alpha value is -3.76. The predicted molar refractivity (Wildman–Crippen MR) is 144 cm³/mol. The molecular formula is C29H32N6O4. The largest absolute Gasteiger partial charge is 0.454 e. The summed E-state index contributed by atoms with van der Waals surface area (Å²) in [5, 5.41) is 13.7. The molecule has 3 aliphatic heterocycles. The van der Waals surface area contributed by atoms with Gasteiger partial charge in [0.2, 0.25) is 6.79 Å². The highest BCUT2D eigenvalue weighted by Crippen LogP contribution is 2.37. The number of aromatic nitrogens is 5. The highest BCUT2D eigenvalue weighted by atomic mass is 16.7. The van der Waals surface area contributed by atoms with E-state index >= 15 is 0 Å². The summed E-state index contributed by atoms with van der Waals surface area (Å²) in [4.78, 5) is 19.1. The summed E-state index contributed by atoms with van der Waals surface area (Å²) in [6.07, 6.45) is 5.27. The van der Waals surface area contributed by atoms with Gasteiger partial charge in [0.15, 0.2) is 17.3 Å². The van der Waals surface area contributed by atoms with E-state index < -0.39 is 0 Å². The Kier molecular flexibility index (Phi) is 6.49. The zero-order chi connectivity index (χ0) is 26.2. The first-order valence-corrected chi connectivity index (χ1v) is 13.8. The van der Waals surface area contributed by atoms with Crippen LogP contribution in [0.25, 0.3) is 10.9 Å². The van der Waals surface area contributed by atoms with E-state index in [1.165, 1.54) is 5.56 Å². The molecule has 2 fully saturated rings. The van der Waals surface area contributed by atoms with Crippen LogP contribution >= 0.6 is 0 Å². The molecule has 0 aliphatic carbocycles. The molecule has 0 amide bonds. The molecule has 2 aromatic heterocycles. The van der Waals surface area contributed by atoms with E-state index in [0.717, 1.165) is 57.2 Å². The van der Waals surface area contributed by atoms with Crippen molar-refractivity contribution in [2.24, 2.45) is 5.92 Å². The van der Waals surface area contributed by atoms with Gasteiger partial charge in [-0.05, 0) is 79.2 Å². The Morgan fingerprint density at radius 1 is 1.03 bits per heavy atom. The van der Waals surface area contributed by atoms with Crippen molar-refractivity contribution in [3.05, 3.63) is 75.8 Å². The van der Waals surface area contributed by atoms with Gasteiger partial charge in [-0.15, -0.1) is 5.10 Å². The summed E-state index contributed by atoms with van der Waals surface area (Å²) in [7, 11) is 0. The van der Waals surface area contributed by atoms with Crippen molar-refractivity contribution in [1.29, 1.82) is 0 Å². The molecule has 39 heavy (non-hydrogen) atoms. The molecule has 2 saturated heterocycles. The number of hydrogen-bond donors (Lipinski definition) is 1. The highest BCUT2D eigenvalue weighted by molar-refractivity contribution is 5.83. The Morgan fingerprint density at radius 3 is 2.64 bits per heavy atom. The van der Waals surface area contributed by atoms with Gasteiger partial charge in [0.05, 0.1) is 18.2 Å². The number of nitrogens with zero attached hydrogens (tertiary/aromatic N) is 5. The smallest absolute Gasteiger partial charge is 0.253 e. The number of likely N-dealkylation sites (tertiary alicyclic amines) is 1. The number of fused-ring (bicyclic) bond motifs is 2. The molecule has 7 rings (SSSR count). The number of aromatic amines is 1. The highest BCUT2D eigenvalue weighted by Gasteiger charge is 2.34. The minimum atomic E-state index is -0.377. The maximum absolute atomic E-state index is 13.6. The van der Waals surface area contributed by atoms with Gasteiger partial charge in [-0.3, -0.25) is 9.69 Å².